The molecule has 0 aromatic heterocycles. The number of anilines is 1. The Kier molecular flexibility index (Phi) is 6.66. The zero-order valence-corrected chi connectivity index (χ0v) is 17.6. The van der Waals surface area contributed by atoms with Gasteiger partial charge in [0.05, 0.1) is 16.4 Å². The summed E-state index contributed by atoms with van der Waals surface area (Å²) in [4.78, 5) is 24.4. The zero-order valence-electron chi connectivity index (χ0n) is 16.8. The molecule has 1 aromatic rings. The number of carbonyl (C=O) groups is 1. The maximum absolute atomic E-state index is 12.8. The van der Waals surface area contributed by atoms with Crippen LogP contribution in [0.4, 0.5) is 11.4 Å². The summed E-state index contributed by atoms with van der Waals surface area (Å²) in [6, 6.07) is 3.83. The number of nitro benzene ring substituents is 1. The molecule has 0 aliphatic carbocycles. The second-order valence-corrected chi connectivity index (χ2v) is 9.96. The molecule has 0 saturated carbocycles. The number of hydrogen-bond donors (Lipinski definition) is 1. The third kappa shape index (κ3) is 5.41. The second-order valence-electron chi connectivity index (χ2n) is 8.03. The smallest absolute Gasteiger partial charge is 0.293 e. The van der Waals surface area contributed by atoms with Gasteiger partial charge >= 0.3 is 0 Å². The minimum atomic E-state index is -3.78. The third-order valence-electron chi connectivity index (χ3n) is 4.40. The number of nitro groups is 1. The molecule has 2 rings (SSSR count). The fraction of sp³-hybridized carbons (Fsp3) is 0.611. The van der Waals surface area contributed by atoms with Crippen LogP contribution in [-0.4, -0.2) is 55.8 Å². The Morgan fingerprint density at radius 1 is 1.25 bits per heavy atom. The van der Waals surface area contributed by atoms with Gasteiger partial charge in [0.1, 0.15) is 5.69 Å². The van der Waals surface area contributed by atoms with Gasteiger partial charge in [0.25, 0.3) is 5.69 Å². The maximum Gasteiger partial charge on any atom is 0.293 e. The highest BCUT2D eigenvalue weighted by molar-refractivity contribution is 7.89. The zero-order chi connectivity index (χ0) is 21.1. The minimum absolute atomic E-state index is 0.0870. The van der Waals surface area contributed by atoms with Gasteiger partial charge in [0.2, 0.25) is 15.9 Å². The van der Waals surface area contributed by atoms with Crippen molar-refractivity contribution in [2.24, 2.45) is 0 Å². The summed E-state index contributed by atoms with van der Waals surface area (Å²) >= 11 is 0. The molecule has 1 heterocycles. The first kappa shape index (κ1) is 22.1. The fourth-order valence-corrected chi connectivity index (χ4v) is 4.68. The molecule has 0 spiro atoms. The molecule has 1 aliphatic rings. The minimum Gasteiger partial charge on any atom is -0.360 e. The second kappa shape index (κ2) is 8.44. The number of nitrogens with zero attached hydrogens (tertiary/aromatic N) is 3. The summed E-state index contributed by atoms with van der Waals surface area (Å²) < 4.78 is 27.0. The Labute approximate surface area is 165 Å². The average Bonchev–Trinajstić information content (AvgIpc) is 2.60. The van der Waals surface area contributed by atoms with E-state index in [0.29, 0.717) is 13.1 Å². The van der Waals surface area contributed by atoms with E-state index < -0.39 is 20.5 Å². The lowest BCUT2D eigenvalue weighted by atomic mass is 10.1. The van der Waals surface area contributed by atoms with Crippen molar-refractivity contribution in [2.75, 3.05) is 31.6 Å². The van der Waals surface area contributed by atoms with Crippen molar-refractivity contribution < 1.29 is 18.1 Å². The highest BCUT2D eigenvalue weighted by Gasteiger charge is 2.29. The molecule has 1 fully saturated rings. The molecule has 1 saturated heterocycles. The normalized spacial score (nSPS) is 15.9. The largest absolute Gasteiger partial charge is 0.360 e. The monoisotopic (exact) mass is 412 g/mol. The van der Waals surface area contributed by atoms with E-state index in [1.165, 1.54) is 21.3 Å². The Morgan fingerprint density at radius 3 is 2.39 bits per heavy atom. The molecule has 0 radical (unpaired) electrons. The summed E-state index contributed by atoms with van der Waals surface area (Å²) in [5.74, 6) is -0.283. The van der Waals surface area contributed by atoms with Gasteiger partial charge < -0.3 is 10.2 Å². The molecule has 1 aliphatic heterocycles. The Bertz CT molecular complexity index is 842. The van der Waals surface area contributed by atoms with E-state index in [2.05, 4.69) is 5.32 Å². The van der Waals surface area contributed by atoms with Crippen LogP contribution >= 0.6 is 0 Å². The molecule has 9 nitrogen and oxygen atoms in total. The van der Waals surface area contributed by atoms with Gasteiger partial charge in [-0.05, 0) is 45.7 Å². The van der Waals surface area contributed by atoms with Crippen molar-refractivity contribution in [3.8, 4) is 0 Å². The van der Waals surface area contributed by atoms with Gasteiger partial charge in [0, 0.05) is 31.7 Å². The first-order valence-electron chi connectivity index (χ1n) is 9.22. The van der Waals surface area contributed by atoms with Crippen LogP contribution in [0.15, 0.2) is 23.1 Å². The lowest BCUT2D eigenvalue weighted by Gasteiger charge is -2.26. The van der Waals surface area contributed by atoms with Gasteiger partial charge in [-0.15, -0.1) is 0 Å². The SMILES string of the molecule is CN(CC(=O)NC(C)(C)C)c1ccc(S(=O)(=O)N2CCCCC2)cc1[N+](=O)[O-]. The topological polar surface area (TPSA) is 113 Å². The first-order valence-corrected chi connectivity index (χ1v) is 10.7. The summed E-state index contributed by atoms with van der Waals surface area (Å²) in [7, 11) is -2.22. The number of nitrogens with one attached hydrogen (secondary N) is 1. The number of sulfonamides is 1. The Morgan fingerprint density at radius 2 is 1.86 bits per heavy atom. The summed E-state index contributed by atoms with van der Waals surface area (Å²) in [6.07, 6.45) is 2.54. The number of amides is 1. The molecule has 0 atom stereocenters. The van der Waals surface area contributed by atoms with Crippen LogP contribution in [0.5, 0.6) is 0 Å². The number of carbonyl (C=O) groups excluding carboxylic acids is 1. The van der Waals surface area contributed by atoms with E-state index in [1.807, 2.05) is 20.8 Å². The van der Waals surface area contributed by atoms with Crippen LogP contribution in [0.1, 0.15) is 40.0 Å². The fourth-order valence-electron chi connectivity index (χ4n) is 3.15. The van der Waals surface area contributed by atoms with Gasteiger partial charge in [0.15, 0.2) is 0 Å². The molecule has 1 aromatic carbocycles. The molecule has 156 valence electrons. The van der Waals surface area contributed by atoms with Gasteiger partial charge in [-0.2, -0.15) is 4.31 Å². The van der Waals surface area contributed by atoms with E-state index in [1.54, 1.807) is 7.05 Å². The molecule has 28 heavy (non-hydrogen) atoms. The standard InChI is InChI=1S/C18H28N4O5S/c1-18(2,3)19-17(23)13-20(4)15-9-8-14(12-16(15)22(24)25)28(26,27)21-10-6-5-7-11-21/h8-9,12H,5-7,10-11,13H2,1-4H3,(H,19,23). The van der Waals surface area contributed by atoms with E-state index in [0.717, 1.165) is 25.3 Å². The van der Waals surface area contributed by atoms with E-state index >= 15 is 0 Å². The van der Waals surface area contributed by atoms with Crippen molar-refractivity contribution >= 4 is 27.3 Å². The maximum atomic E-state index is 12.8. The predicted octanol–water partition coefficient (Wildman–Crippen LogP) is 2.12. The van der Waals surface area contributed by atoms with E-state index in [4.69, 9.17) is 0 Å². The molecular formula is C18H28N4O5S. The molecule has 1 amide bonds. The highest BCUT2D eigenvalue weighted by atomic mass is 32.2. The van der Waals surface area contributed by atoms with E-state index in [-0.39, 0.29) is 28.7 Å². The Balaban J connectivity index is 2.30. The van der Waals surface area contributed by atoms with Gasteiger partial charge in [-0.1, -0.05) is 6.42 Å². The highest BCUT2D eigenvalue weighted by Crippen LogP contribution is 2.32. The predicted molar refractivity (Wildman–Crippen MR) is 107 cm³/mol. The third-order valence-corrected chi connectivity index (χ3v) is 6.30. The summed E-state index contributed by atoms with van der Waals surface area (Å²) in [5, 5.41) is 14.4. The average molecular weight is 413 g/mol. The lowest BCUT2D eigenvalue weighted by Crippen LogP contribution is -2.45. The summed E-state index contributed by atoms with van der Waals surface area (Å²) in [5.41, 5.74) is -0.577. The molecule has 10 heteroatoms. The summed E-state index contributed by atoms with van der Waals surface area (Å²) in [6.45, 7) is 6.28. The van der Waals surface area contributed by atoms with Crippen molar-refractivity contribution in [1.29, 1.82) is 0 Å². The van der Waals surface area contributed by atoms with Crippen LogP contribution in [0.2, 0.25) is 0 Å². The molecular weight excluding hydrogens is 384 g/mol. The quantitative estimate of drug-likeness (QED) is 0.566. The number of rotatable bonds is 6. The molecule has 1 N–H and O–H groups in total. The molecule has 0 unspecified atom stereocenters. The van der Waals surface area contributed by atoms with Crippen molar-refractivity contribution in [2.45, 2.75) is 50.5 Å². The van der Waals surface area contributed by atoms with Crippen LogP contribution in [0.3, 0.4) is 0 Å². The van der Waals surface area contributed by atoms with E-state index in [9.17, 15) is 23.3 Å². The van der Waals surface area contributed by atoms with Crippen LogP contribution in [0, 0.1) is 10.1 Å². The van der Waals surface area contributed by atoms with Crippen molar-refractivity contribution in [3.63, 3.8) is 0 Å². The number of benzene rings is 1. The van der Waals surface area contributed by atoms with Crippen LogP contribution in [-0.2, 0) is 14.8 Å². The lowest BCUT2D eigenvalue weighted by molar-refractivity contribution is -0.384. The van der Waals surface area contributed by atoms with Crippen LogP contribution < -0.4 is 10.2 Å². The number of hydrogen-bond acceptors (Lipinski definition) is 6. The van der Waals surface area contributed by atoms with Gasteiger partial charge in [-0.25, -0.2) is 8.42 Å². The van der Waals surface area contributed by atoms with Crippen LogP contribution in [0.25, 0.3) is 0 Å². The Hall–Kier alpha value is -2.20. The van der Waals surface area contributed by atoms with Gasteiger partial charge in [-0.3, -0.25) is 14.9 Å². The number of piperidine rings is 1. The number of likely N-dealkylation sites (N-methyl/N-ethyl adjacent to an activating group) is 1. The van der Waals surface area contributed by atoms with Crippen molar-refractivity contribution in [3.05, 3.63) is 28.3 Å². The van der Waals surface area contributed by atoms with Crippen molar-refractivity contribution in [1.82, 2.24) is 9.62 Å². The first-order chi connectivity index (χ1) is 12.9. The molecule has 0 bridgehead atoms.